The van der Waals surface area contributed by atoms with E-state index in [1.54, 1.807) is 6.92 Å². The normalized spacial score (nSPS) is 12.1. The molecule has 1 rings (SSSR count). The SMILES string of the molecule is Cc1ccc([N+](=O)[O-])c([C@@H](N)CC(C)C)c1O.Cl. The van der Waals surface area contributed by atoms with Crippen molar-refractivity contribution in [2.24, 2.45) is 11.7 Å². The first-order chi connectivity index (χ1) is 7.84. The molecule has 0 amide bonds. The van der Waals surface area contributed by atoms with Gasteiger partial charge in [-0.15, -0.1) is 12.4 Å². The van der Waals surface area contributed by atoms with Crippen molar-refractivity contribution in [3.05, 3.63) is 33.4 Å². The number of nitrogens with two attached hydrogens (primary N) is 1. The van der Waals surface area contributed by atoms with E-state index in [0.717, 1.165) is 0 Å². The van der Waals surface area contributed by atoms with Gasteiger partial charge in [0.1, 0.15) is 5.75 Å². The molecule has 0 aliphatic carbocycles. The van der Waals surface area contributed by atoms with Crippen molar-refractivity contribution >= 4 is 18.1 Å². The highest BCUT2D eigenvalue weighted by Crippen LogP contribution is 2.36. The van der Waals surface area contributed by atoms with Crippen LogP contribution in [0.3, 0.4) is 0 Å². The van der Waals surface area contributed by atoms with Crippen molar-refractivity contribution in [3.63, 3.8) is 0 Å². The Morgan fingerprint density at radius 2 is 2.00 bits per heavy atom. The van der Waals surface area contributed by atoms with Crippen LogP contribution >= 0.6 is 12.4 Å². The van der Waals surface area contributed by atoms with Crippen molar-refractivity contribution in [1.82, 2.24) is 0 Å². The van der Waals surface area contributed by atoms with Gasteiger partial charge in [0.15, 0.2) is 0 Å². The van der Waals surface area contributed by atoms with Crippen molar-refractivity contribution in [3.8, 4) is 5.75 Å². The third-order valence-corrected chi connectivity index (χ3v) is 2.69. The van der Waals surface area contributed by atoms with Crippen LogP contribution in [0.25, 0.3) is 0 Å². The zero-order valence-corrected chi connectivity index (χ0v) is 11.5. The van der Waals surface area contributed by atoms with Crippen LogP contribution in [0, 0.1) is 23.0 Å². The monoisotopic (exact) mass is 274 g/mol. The molecule has 5 nitrogen and oxygen atoms in total. The zero-order valence-electron chi connectivity index (χ0n) is 10.7. The van der Waals surface area contributed by atoms with E-state index in [9.17, 15) is 15.2 Å². The number of nitro groups is 1. The summed E-state index contributed by atoms with van der Waals surface area (Å²) in [6.45, 7) is 5.67. The van der Waals surface area contributed by atoms with Crippen LogP contribution < -0.4 is 5.73 Å². The summed E-state index contributed by atoms with van der Waals surface area (Å²) in [7, 11) is 0. The highest BCUT2D eigenvalue weighted by atomic mass is 35.5. The summed E-state index contributed by atoms with van der Waals surface area (Å²) in [5.74, 6) is 0.247. The number of hydrogen-bond donors (Lipinski definition) is 2. The molecule has 0 bridgehead atoms. The Labute approximate surface area is 113 Å². The second-order valence-electron chi connectivity index (χ2n) is 4.66. The maximum atomic E-state index is 10.9. The number of hydrogen-bond acceptors (Lipinski definition) is 4. The van der Waals surface area contributed by atoms with Gasteiger partial charge >= 0.3 is 0 Å². The number of nitro benzene ring substituents is 1. The fourth-order valence-electron chi connectivity index (χ4n) is 1.86. The summed E-state index contributed by atoms with van der Waals surface area (Å²) in [6, 6.07) is 2.40. The molecule has 0 saturated heterocycles. The summed E-state index contributed by atoms with van der Waals surface area (Å²) in [5, 5.41) is 20.8. The van der Waals surface area contributed by atoms with Crippen molar-refractivity contribution in [2.45, 2.75) is 33.2 Å². The molecule has 1 atom stereocenters. The average molecular weight is 275 g/mol. The molecule has 0 aliphatic heterocycles. The molecule has 0 unspecified atom stereocenters. The van der Waals surface area contributed by atoms with Gasteiger partial charge in [0.2, 0.25) is 0 Å². The summed E-state index contributed by atoms with van der Waals surface area (Å²) in [6.07, 6.45) is 0.595. The van der Waals surface area contributed by atoms with Gasteiger partial charge in [-0.3, -0.25) is 10.1 Å². The first-order valence-electron chi connectivity index (χ1n) is 5.57. The number of benzene rings is 1. The topological polar surface area (TPSA) is 89.4 Å². The van der Waals surface area contributed by atoms with E-state index in [-0.39, 0.29) is 29.4 Å². The van der Waals surface area contributed by atoms with Gasteiger partial charge in [-0.1, -0.05) is 13.8 Å². The number of aryl methyl sites for hydroxylation is 1. The summed E-state index contributed by atoms with van der Waals surface area (Å²) < 4.78 is 0. The minimum atomic E-state index is -0.518. The molecule has 3 N–H and O–H groups in total. The lowest BCUT2D eigenvalue weighted by atomic mass is 9.94. The second-order valence-corrected chi connectivity index (χ2v) is 4.66. The van der Waals surface area contributed by atoms with E-state index in [0.29, 0.717) is 17.9 Å². The first-order valence-corrected chi connectivity index (χ1v) is 5.57. The van der Waals surface area contributed by atoms with Gasteiger partial charge < -0.3 is 10.8 Å². The number of nitrogens with zero attached hydrogens (tertiary/aromatic N) is 1. The lowest BCUT2D eigenvalue weighted by molar-refractivity contribution is -0.385. The number of phenolic OH excluding ortho intramolecular Hbond substituents is 1. The molecule has 1 aromatic rings. The van der Waals surface area contributed by atoms with E-state index in [2.05, 4.69) is 0 Å². The van der Waals surface area contributed by atoms with Crippen LogP contribution in [0.15, 0.2) is 12.1 Å². The fraction of sp³-hybridized carbons (Fsp3) is 0.500. The molecule has 6 heteroatoms. The number of phenols is 1. The largest absolute Gasteiger partial charge is 0.507 e. The highest BCUT2D eigenvalue weighted by molar-refractivity contribution is 5.85. The highest BCUT2D eigenvalue weighted by Gasteiger charge is 2.24. The minimum Gasteiger partial charge on any atom is -0.507 e. The Hall–Kier alpha value is -1.33. The van der Waals surface area contributed by atoms with Gasteiger partial charge in [0.25, 0.3) is 5.69 Å². The van der Waals surface area contributed by atoms with Gasteiger partial charge in [-0.25, -0.2) is 0 Å². The van der Waals surface area contributed by atoms with Crippen LogP contribution in [-0.4, -0.2) is 10.0 Å². The molecule has 0 heterocycles. The Kier molecular flexibility index (Phi) is 6.08. The van der Waals surface area contributed by atoms with Crippen LogP contribution in [0.1, 0.15) is 37.4 Å². The molecule has 0 spiro atoms. The third-order valence-electron chi connectivity index (χ3n) is 2.69. The molecule has 18 heavy (non-hydrogen) atoms. The van der Waals surface area contributed by atoms with Crippen molar-refractivity contribution in [1.29, 1.82) is 0 Å². The lowest BCUT2D eigenvalue weighted by Crippen LogP contribution is -2.15. The average Bonchev–Trinajstić information content (AvgIpc) is 2.20. The van der Waals surface area contributed by atoms with E-state index in [1.807, 2.05) is 13.8 Å². The second kappa shape index (κ2) is 6.56. The van der Waals surface area contributed by atoms with Crippen LogP contribution in [0.5, 0.6) is 5.75 Å². The number of rotatable bonds is 4. The Balaban J connectivity index is 0.00000289. The molecular weight excluding hydrogens is 256 g/mol. The maximum absolute atomic E-state index is 10.9. The predicted octanol–water partition coefficient (Wildman–Crippen LogP) is 3.08. The summed E-state index contributed by atoms with van der Waals surface area (Å²) >= 11 is 0. The Morgan fingerprint density at radius 1 is 1.44 bits per heavy atom. The molecule has 102 valence electrons. The fourth-order valence-corrected chi connectivity index (χ4v) is 1.86. The molecule has 0 aromatic heterocycles. The molecule has 0 radical (unpaired) electrons. The number of aromatic hydroxyl groups is 1. The van der Waals surface area contributed by atoms with Crippen molar-refractivity contribution < 1.29 is 10.0 Å². The Morgan fingerprint density at radius 3 is 2.44 bits per heavy atom. The first kappa shape index (κ1) is 16.7. The van der Waals surface area contributed by atoms with Gasteiger partial charge in [-0.05, 0) is 30.9 Å². The van der Waals surface area contributed by atoms with Crippen LogP contribution in [0.4, 0.5) is 5.69 Å². The lowest BCUT2D eigenvalue weighted by Gasteiger charge is -2.16. The zero-order chi connectivity index (χ0) is 13.2. The van der Waals surface area contributed by atoms with E-state index in [1.165, 1.54) is 12.1 Å². The van der Waals surface area contributed by atoms with Crippen molar-refractivity contribution in [2.75, 3.05) is 0 Å². The molecule has 0 saturated carbocycles. The molecule has 0 fully saturated rings. The quantitative estimate of drug-likeness (QED) is 0.652. The summed E-state index contributed by atoms with van der Waals surface area (Å²) in [4.78, 5) is 10.4. The molecule has 1 aromatic carbocycles. The summed E-state index contributed by atoms with van der Waals surface area (Å²) in [5.41, 5.74) is 6.67. The predicted molar refractivity (Wildman–Crippen MR) is 73.1 cm³/mol. The van der Waals surface area contributed by atoms with E-state index >= 15 is 0 Å². The van der Waals surface area contributed by atoms with Gasteiger partial charge in [0.05, 0.1) is 10.5 Å². The molecular formula is C12H19ClN2O3. The third kappa shape index (κ3) is 3.58. The van der Waals surface area contributed by atoms with E-state index in [4.69, 9.17) is 5.73 Å². The molecule has 0 aliphatic rings. The van der Waals surface area contributed by atoms with Crippen LogP contribution in [0.2, 0.25) is 0 Å². The standard InChI is InChI=1S/C12H18N2O3.ClH/c1-7(2)6-9(13)11-10(14(16)17)5-4-8(3)12(11)15;/h4-5,7,9,15H,6,13H2,1-3H3;1H/t9-;/m0./s1. The van der Waals surface area contributed by atoms with E-state index < -0.39 is 11.0 Å². The van der Waals surface area contributed by atoms with Crippen LogP contribution in [-0.2, 0) is 0 Å². The van der Waals surface area contributed by atoms with Gasteiger partial charge in [0, 0.05) is 12.1 Å². The van der Waals surface area contributed by atoms with Gasteiger partial charge in [-0.2, -0.15) is 0 Å². The Bertz CT molecular complexity index is 436. The smallest absolute Gasteiger partial charge is 0.277 e. The minimum absolute atomic E-state index is 0. The maximum Gasteiger partial charge on any atom is 0.277 e. The number of halogens is 1.